The van der Waals surface area contributed by atoms with E-state index in [2.05, 4.69) is 20.4 Å². The Labute approximate surface area is 194 Å². The van der Waals surface area contributed by atoms with Gasteiger partial charge in [-0.05, 0) is 44.4 Å². The summed E-state index contributed by atoms with van der Waals surface area (Å²) in [5.41, 5.74) is 2.75. The molecule has 8 nitrogen and oxygen atoms in total. The van der Waals surface area contributed by atoms with Gasteiger partial charge in [0, 0.05) is 36.7 Å². The number of rotatable bonds is 6. The van der Waals surface area contributed by atoms with E-state index in [1.54, 1.807) is 24.5 Å². The summed E-state index contributed by atoms with van der Waals surface area (Å²) >= 11 is 0. The number of carbonyl (C=O) groups excluding carboxylic acids is 1. The van der Waals surface area contributed by atoms with Crippen molar-refractivity contribution >= 4 is 17.5 Å². The molecule has 11 heteroatoms. The van der Waals surface area contributed by atoms with Crippen molar-refractivity contribution in [3.63, 3.8) is 0 Å². The average molecular weight is 474 g/mol. The molecule has 2 N–H and O–H groups in total. The van der Waals surface area contributed by atoms with Gasteiger partial charge < -0.3 is 15.4 Å². The van der Waals surface area contributed by atoms with Gasteiger partial charge in [-0.2, -0.15) is 18.3 Å². The van der Waals surface area contributed by atoms with Crippen LogP contribution < -0.4 is 10.6 Å². The predicted molar refractivity (Wildman–Crippen MR) is 120 cm³/mol. The summed E-state index contributed by atoms with van der Waals surface area (Å²) in [5.74, 6) is -0.468. The first kappa shape index (κ1) is 23.7. The second-order valence-electron chi connectivity index (χ2n) is 8.22. The summed E-state index contributed by atoms with van der Waals surface area (Å²) in [6.07, 6.45) is 2.52. The second-order valence-corrected chi connectivity index (χ2v) is 8.22. The van der Waals surface area contributed by atoms with Crippen molar-refractivity contribution in [2.75, 3.05) is 18.5 Å². The van der Waals surface area contributed by atoms with Crippen LogP contribution in [0.1, 0.15) is 41.7 Å². The number of hydrogen-bond acceptors (Lipinski definition) is 6. The quantitative estimate of drug-likeness (QED) is 0.549. The molecule has 1 atom stereocenters. The Morgan fingerprint density at radius 3 is 2.74 bits per heavy atom. The van der Waals surface area contributed by atoms with Gasteiger partial charge in [-0.3, -0.25) is 9.48 Å². The van der Waals surface area contributed by atoms with Crippen LogP contribution in [-0.2, 0) is 4.74 Å². The lowest BCUT2D eigenvalue weighted by Crippen LogP contribution is -2.43. The van der Waals surface area contributed by atoms with Gasteiger partial charge in [0.1, 0.15) is 6.04 Å². The lowest BCUT2D eigenvalue weighted by atomic mass is 10.0. The van der Waals surface area contributed by atoms with Gasteiger partial charge in [-0.1, -0.05) is 12.1 Å². The smallest absolute Gasteiger partial charge is 0.381 e. The van der Waals surface area contributed by atoms with Gasteiger partial charge in [-0.25, -0.2) is 9.97 Å². The van der Waals surface area contributed by atoms with Crippen molar-refractivity contribution < 1.29 is 22.7 Å². The number of carbonyl (C=O) groups is 1. The minimum atomic E-state index is -4.52. The van der Waals surface area contributed by atoms with E-state index in [0.717, 1.165) is 31.0 Å². The van der Waals surface area contributed by atoms with Crippen LogP contribution in [0.25, 0.3) is 11.3 Å². The third-order valence-corrected chi connectivity index (χ3v) is 5.63. The van der Waals surface area contributed by atoms with E-state index in [1.165, 1.54) is 12.1 Å². The van der Waals surface area contributed by atoms with E-state index in [9.17, 15) is 18.0 Å². The number of aryl methyl sites for hydroxylation is 1. The maximum atomic E-state index is 12.8. The molecule has 1 amide bonds. The number of amides is 1. The fourth-order valence-corrected chi connectivity index (χ4v) is 3.65. The van der Waals surface area contributed by atoms with E-state index >= 15 is 0 Å². The summed E-state index contributed by atoms with van der Waals surface area (Å²) in [5, 5.41) is 9.54. The minimum absolute atomic E-state index is 0.110. The first-order valence-corrected chi connectivity index (χ1v) is 10.9. The molecule has 1 aliphatic heterocycles. The molecule has 0 aliphatic carbocycles. The monoisotopic (exact) mass is 474 g/mol. The van der Waals surface area contributed by atoms with Gasteiger partial charge in [-0.15, -0.1) is 0 Å². The highest BCUT2D eigenvalue weighted by atomic mass is 19.4. The lowest BCUT2D eigenvalue weighted by Gasteiger charge is -2.22. The molecule has 1 aromatic carbocycles. The number of hydrogen-bond donors (Lipinski definition) is 2. The zero-order valence-electron chi connectivity index (χ0n) is 18.8. The maximum Gasteiger partial charge on any atom is 0.408 e. The lowest BCUT2D eigenvalue weighted by molar-refractivity contribution is -0.149. The van der Waals surface area contributed by atoms with Gasteiger partial charge in [0.15, 0.2) is 0 Å². The number of halogens is 3. The normalized spacial score (nSPS) is 15.7. The number of alkyl halides is 3. The zero-order valence-corrected chi connectivity index (χ0v) is 18.8. The van der Waals surface area contributed by atoms with E-state index < -0.39 is 18.1 Å². The molecule has 0 saturated carbocycles. The highest BCUT2D eigenvalue weighted by Crippen LogP contribution is 2.26. The van der Waals surface area contributed by atoms with Crippen molar-refractivity contribution in [2.45, 2.75) is 44.9 Å². The van der Waals surface area contributed by atoms with Crippen LogP contribution in [0.4, 0.5) is 24.8 Å². The van der Waals surface area contributed by atoms with Gasteiger partial charge in [0.2, 0.25) is 5.95 Å². The van der Waals surface area contributed by atoms with Gasteiger partial charge in [0.05, 0.1) is 23.6 Å². The molecular weight excluding hydrogens is 449 g/mol. The molecule has 1 aliphatic rings. The number of ether oxygens (including phenoxy) is 1. The van der Waals surface area contributed by atoms with Crippen molar-refractivity contribution in [1.82, 2.24) is 25.1 Å². The Morgan fingerprint density at radius 2 is 2.00 bits per heavy atom. The zero-order chi connectivity index (χ0) is 24.3. The SMILES string of the molecule is Cc1cnc(Nc2cnn(C3CCOCC3)c2)nc1-c1cccc(C(=O)NC(C)C(F)(F)F)c1. The molecule has 180 valence electrons. The Bertz CT molecular complexity index is 1160. The van der Waals surface area contributed by atoms with Crippen LogP contribution in [0, 0.1) is 6.92 Å². The Balaban J connectivity index is 1.52. The number of aromatic nitrogens is 4. The van der Waals surface area contributed by atoms with E-state index in [-0.39, 0.29) is 11.6 Å². The van der Waals surface area contributed by atoms with Crippen molar-refractivity contribution in [1.29, 1.82) is 0 Å². The molecule has 2 aromatic heterocycles. The first-order chi connectivity index (χ1) is 16.2. The van der Waals surface area contributed by atoms with Crippen LogP contribution in [0.2, 0.25) is 0 Å². The van der Waals surface area contributed by atoms with E-state index in [0.29, 0.717) is 30.4 Å². The molecule has 34 heavy (non-hydrogen) atoms. The highest BCUT2D eigenvalue weighted by molar-refractivity contribution is 5.95. The third-order valence-electron chi connectivity index (χ3n) is 5.63. The molecule has 4 rings (SSSR count). The molecule has 3 heterocycles. The number of nitrogens with zero attached hydrogens (tertiary/aromatic N) is 4. The van der Waals surface area contributed by atoms with Crippen molar-refractivity contribution in [3.8, 4) is 11.3 Å². The van der Waals surface area contributed by atoms with Crippen LogP contribution in [-0.4, -0.2) is 51.1 Å². The van der Waals surface area contributed by atoms with Crippen LogP contribution in [0.5, 0.6) is 0 Å². The molecule has 1 fully saturated rings. The third kappa shape index (κ3) is 5.53. The van der Waals surface area contributed by atoms with Crippen LogP contribution in [0.3, 0.4) is 0 Å². The van der Waals surface area contributed by atoms with E-state index in [1.807, 2.05) is 23.1 Å². The number of nitrogens with one attached hydrogen (secondary N) is 2. The molecule has 3 aromatic rings. The standard InChI is InChI=1S/C23H25F3N6O2/c1-14-11-27-22(30-18-12-28-32(13-18)19-6-8-34-9-7-19)31-20(14)16-4-3-5-17(10-16)21(33)29-15(2)23(24,25)26/h3-5,10-13,15,19H,6-9H2,1-2H3,(H,29,33)(H,27,30,31). The summed E-state index contributed by atoms with van der Waals surface area (Å²) in [6, 6.07) is 4.65. The van der Waals surface area contributed by atoms with Crippen LogP contribution in [0.15, 0.2) is 42.9 Å². The van der Waals surface area contributed by atoms with Gasteiger partial charge >= 0.3 is 6.18 Å². The summed E-state index contributed by atoms with van der Waals surface area (Å²) in [6.45, 7) is 4.15. The maximum absolute atomic E-state index is 12.8. The number of benzene rings is 1. The molecule has 0 bridgehead atoms. The molecule has 1 saturated heterocycles. The van der Waals surface area contributed by atoms with Crippen molar-refractivity contribution in [3.05, 3.63) is 54.0 Å². The molecule has 0 spiro atoms. The minimum Gasteiger partial charge on any atom is -0.381 e. The predicted octanol–water partition coefficient (Wildman–Crippen LogP) is 4.42. The fourth-order valence-electron chi connectivity index (χ4n) is 3.65. The summed E-state index contributed by atoms with van der Waals surface area (Å²) < 4.78 is 45.7. The summed E-state index contributed by atoms with van der Waals surface area (Å²) in [4.78, 5) is 21.2. The molecule has 0 radical (unpaired) electrons. The largest absolute Gasteiger partial charge is 0.408 e. The Morgan fingerprint density at radius 1 is 1.24 bits per heavy atom. The molecular formula is C23H25F3N6O2. The van der Waals surface area contributed by atoms with Crippen molar-refractivity contribution in [2.24, 2.45) is 0 Å². The van der Waals surface area contributed by atoms with Crippen LogP contribution >= 0.6 is 0 Å². The molecule has 1 unspecified atom stereocenters. The Kier molecular flexibility index (Phi) is 6.82. The fraction of sp³-hybridized carbons (Fsp3) is 0.391. The number of anilines is 2. The highest BCUT2D eigenvalue weighted by Gasteiger charge is 2.37. The second kappa shape index (κ2) is 9.80. The average Bonchev–Trinajstić information content (AvgIpc) is 3.29. The topological polar surface area (TPSA) is 94.0 Å². The van der Waals surface area contributed by atoms with E-state index in [4.69, 9.17) is 4.74 Å². The van der Waals surface area contributed by atoms with Gasteiger partial charge in [0.25, 0.3) is 5.91 Å². The summed E-state index contributed by atoms with van der Waals surface area (Å²) in [7, 11) is 0. The Hall–Kier alpha value is -3.47. The first-order valence-electron chi connectivity index (χ1n) is 10.9.